The van der Waals surface area contributed by atoms with Crippen LogP contribution in [0.4, 0.5) is 17.1 Å². The normalized spacial score (nSPS) is 10.2. The molecule has 0 bridgehead atoms. The van der Waals surface area contributed by atoms with Crippen molar-refractivity contribution in [3.05, 3.63) is 90.5 Å². The first-order chi connectivity index (χ1) is 13.6. The molecular formula is C23H23N3O2. The molecule has 5 heteroatoms. The standard InChI is InChI=1S/C23H23N3O2/c1-18(27)25-21-14-12-20(13-15-21)24-16-23(28)26(22-10-6-3-7-11-22)17-19-8-4-2-5-9-19/h2-15,24H,16-17H2,1H3,(H,25,27). The number of rotatable bonds is 7. The Morgan fingerprint density at radius 2 is 1.36 bits per heavy atom. The Kier molecular flexibility index (Phi) is 6.41. The van der Waals surface area contributed by atoms with Crippen molar-refractivity contribution in [1.29, 1.82) is 0 Å². The van der Waals surface area contributed by atoms with Crippen LogP contribution in [0.5, 0.6) is 0 Å². The molecule has 0 radical (unpaired) electrons. The van der Waals surface area contributed by atoms with Crippen molar-refractivity contribution >= 4 is 28.9 Å². The Balaban J connectivity index is 1.68. The summed E-state index contributed by atoms with van der Waals surface area (Å²) in [5, 5.41) is 5.88. The van der Waals surface area contributed by atoms with Crippen LogP contribution in [0.15, 0.2) is 84.9 Å². The highest BCUT2D eigenvalue weighted by Crippen LogP contribution is 2.18. The second-order valence-corrected chi connectivity index (χ2v) is 6.41. The van der Waals surface area contributed by atoms with E-state index in [1.165, 1.54) is 6.92 Å². The number of nitrogens with zero attached hydrogens (tertiary/aromatic N) is 1. The van der Waals surface area contributed by atoms with E-state index >= 15 is 0 Å². The van der Waals surface area contributed by atoms with Gasteiger partial charge in [0.15, 0.2) is 0 Å². The zero-order valence-corrected chi connectivity index (χ0v) is 15.8. The van der Waals surface area contributed by atoms with Gasteiger partial charge >= 0.3 is 0 Å². The predicted molar refractivity (Wildman–Crippen MR) is 113 cm³/mol. The third-order valence-electron chi connectivity index (χ3n) is 4.20. The van der Waals surface area contributed by atoms with Crippen molar-refractivity contribution in [3.8, 4) is 0 Å². The first-order valence-electron chi connectivity index (χ1n) is 9.13. The van der Waals surface area contributed by atoms with Crippen LogP contribution in [-0.4, -0.2) is 18.4 Å². The summed E-state index contributed by atoms with van der Waals surface area (Å²) in [6.07, 6.45) is 0. The van der Waals surface area contributed by atoms with Gasteiger partial charge in [0.05, 0.1) is 13.1 Å². The zero-order valence-electron chi connectivity index (χ0n) is 15.8. The molecule has 3 rings (SSSR count). The van der Waals surface area contributed by atoms with Crippen molar-refractivity contribution in [3.63, 3.8) is 0 Å². The van der Waals surface area contributed by atoms with E-state index in [9.17, 15) is 9.59 Å². The van der Waals surface area contributed by atoms with Crippen molar-refractivity contribution in [2.24, 2.45) is 0 Å². The summed E-state index contributed by atoms with van der Waals surface area (Å²) >= 11 is 0. The largest absolute Gasteiger partial charge is 0.376 e. The van der Waals surface area contributed by atoms with Crippen LogP contribution in [0.3, 0.4) is 0 Å². The van der Waals surface area contributed by atoms with E-state index in [1.807, 2.05) is 72.8 Å². The minimum atomic E-state index is -0.115. The van der Waals surface area contributed by atoms with E-state index in [0.717, 1.165) is 22.6 Å². The number of hydrogen-bond donors (Lipinski definition) is 2. The van der Waals surface area contributed by atoms with Crippen LogP contribution >= 0.6 is 0 Å². The first kappa shape index (κ1) is 19.2. The number of anilines is 3. The molecule has 142 valence electrons. The lowest BCUT2D eigenvalue weighted by Gasteiger charge is -2.23. The molecule has 3 aromatic carbocycles. The molecule has 0 saturated carbocycles. The number of nitrogens with one attached hydrogen (secondary N) is 2. The lowest BCUT2D eigenvalue weighted by atomic mass is 10.2. The van der Waals surface area contributed by atoms with Crippen LogP contribution in [0, 0.1) is 0 Å². The summed E-state index contributed by atoms with van der Waals surface area (Å²) in [6.45, 7) is 2.14. The predicted octanol–water partition coefficient (Wildman–Crippen LogP) is 4.29. The number of carbonyl (C=O) groups excluding carboxylic acids is 2. The molecule has 0 atom stereocenters. The number of para-hydroxylation sites is 1. The van der Waals surface area contributed by atoms with E-state index in [0.29, 0.717) is 6.54 Å². The molecule has 2 amide bonds. The molecule has 0 spiro atoms. The topological polar surface area (TPSA) is 61.4 Å². The lowest BCUT2D eigenvalue weighted by Crippen LogP contribution is -2.35. The monoisotopic (exact) mass is 373 g/mol. The van der Waals surface area contributed by atoms with Crippen LogP contribution in [-0.2, 0) is 16.1 Å². The van der Waals surface area contributed by atoms with Gasteiger partial charge in [-0.3, -0.25) is 9.59 Å². The SMILES string of the molecule is CC(=O)Nc1ccc(NCC(=O)N(Cc2ccccc2)c2ccccc2)cc1. The number of hydrogen-bond acceptors (Lipinski definition) is 3. The molecule has 0 aromatic heterocycles. The van der Waals surface area contributed by atoms with Crippen LogP contribution < -0.4 is 15.5 Å². The molecular weight excluding hydrogens is 350 g/mol. The fourth-order valence-corrected chi connectivity index (χ4v) is 2.85. The summed E-state index contributed by atoms with van der Waals surface area (Å²) < 4.78 is 0. The summed E-state index contributed by atoms with van der Waals surface area (Å²) in [5.41, 5.74) is 3.47. The molecule has 3 aromatic rings. The van der Waals surface area contributed by atoms with Gasteiger partial charge in [0.2, 0.25) is 11.8 Å². The third kappa shape index (κ3) is 5.45. The van der Waals surface area contributed by atoms with Gasteiger partial charge in [0, 0.05) is 24.0 Å². The van der Waals surface area contributed by atoms with Gasteiger partial charge < -0.3 is 15.5 Å². The molecule has 28 heavy (non-hydrogen) atoms. The minimum Gasteiger partial charge on any atom is -0.376 e. The quantitative estimate of drug-likeness (QED) is 0.649. The van der Waals surface area contributed by atoms with Gasteiger partial charge in [-0.05, 0) is 42.0 Å². The summed E-state index contributed by atoms with van der Waals surface area (Å²) in [4.78, 5) is 25.8. The molecule has 0 unspecified atom stereocenters. The van der Waals surface area contributed by atoms with E-state index < -0.39 is 0 Å². The van der Waals surface area contributed by atoms with Gasteiger partial charge in [-0.2, -0.15) is 0 Å². The second-order valence-electron chi connectivity index (χ2n) is 6.41. The Morgan fingerprint density at radius 3 is 1.96 bits per heavy atom. The highest BCUT2D eigenvalue weighted by molar-refractivity contribution is 5.96. The van der Waals surface area contributed by atoms with Gasteiger partial charge in [-0.25, -0.2) is 0 Å². The lowest BCUT2D eigenvalue weighted by molar-refractivity contribution is -0.117. The average Bonchev–Trinajstić information content (AvgIpc) is 2.72. The van der Waals surface area contributed by atoms with Gasteiger partial charge in [-0.15, -0.1) is 0 Å². The molecule has 0 heterocycles. The van der Waals surface area contributed by atoms with Gasteiger partial charge in [0.25, 0.3) is 0 Å². The second kappa shape index (κ2) is 9.37. The third-order valence-corrected chi connectivity index (χ3v) is 4.20. The Labute approximate surface area is 165 Å². The van der Waals surface area contributed by atoms with Crippen LogP contribution in [0.2, 0.25) is 0 Å². The fourth-order valence-electron chi connectivity index (χ4n) is 2.85. The first-order valence-corrected chi connectivity index (χ1v) is 9.13. The molecule has 5 nitrogen and oxygen atoms in total. The zero-order chi connectivity index (χ0) is 19.8. The van der Waals surface area contributed by atoms with Crippen molar-refractivity contribution in [1.82, 2.24) is 0 Å². The molecule has 2 N–H and O–H groups in total. The minimum absolute atomic E-state index is 0.0269. The van der Waals surface area contributed by atoms with Crippen molar-refractivity contribution in [2.45, 2.75) is 13.5 Å². The smallest absolute Gasteiger partial charge is 0.246 e. The van der Waals surface area contributed by atoms with E-state index in [2.05, 4.69) is 10.6 Å². The van der Waals surface area contributed by atoms with E-state index in [4.69, 9.17) is 0 Å². The van der Waals surface area contributed by atoms with Crippen LogP contribution in [0.1, 0.15) is 12.5 Å². The highest BCUT2D eigenvalue weighted by Gasteiger charge is 2.16. The number of benzene rings is 3. The molecule has 0 aliphatic heterocycles. The van der Waals surface area contributed by atoms with E-state index in [-0.39, 0.29) is 18.4 Å². The molecule has 0 aliphatic rings. The number of carbonyl (C=O) groups is 2. The van der Waals surface area contributed by atoms with Gasteiger partial charge in [0.1, 0.15) is 0 Å². The van der Waals surface area contributed by atoms with Crippen molar-refractivity contribution in [2.75, 3.05) is 22.1 Å². The average molecular weight is 373 g/mol. The molecule has 0 aliphatic carbocycles. The Morgan fingerprint density at radius 1 is 0.786 bits per heavy atom. The maximum absolute atomic E-state index is 12.9. The highest BCUT2D eigenvalue weighted by atomic mass is 16.2. The van der Waals surface area contributed by atoms with Crippen LogP contribution in [0.25, 0.3) is 0 Å². The Hall–Kier alpha value is -3.60. The molecule has 0 saturated heterocycles. The summed E-state index contributed by atoms with van der Waals surface area (Å²) in [5.74, 6) is -0.142. The fraction of sp³-hybridized carbons (Fsp3) is 0.130. The maximum Gasteiger partial charge on any atom is 0.246 e. The summed E-state index contributed by atoms with van der Waals surface area (Å²) in [6, 6.07) is 26.8. The summed E-state index contributed by atoms with van der Waals surface area (Å²) in [7, 11) is 0. The van der Waals surface area contributed by atoms with Crippen molar-refractivity contribution < 1.29 is 9.59 Å². The maximum atomic E-state index is 12.9. The number of amides is 2. The van der Waals surface area contributed by atoms with Gasteiger partial charge in [-0.1, -0.05) is 48.5 Å². The molecule has 0 fully saturated rings. The Bertz CT molecular complexity index is 910. The van der Waals surface area contributed by atoms with E-state index in [1.54, 1.807) is 17.0 Å².